The summed E-state index contributed by atoms with van der Waals surface area (Å²) in [6.07, 6.45) is 0. The molecule has 0 unspecified atom stereocenters. The Morgan fingerprint density at radius 2 is 1.71 bits per heavy atom. The molecule has 3 N–H and O–H groups in total. The molecule has 0 saturated carbocycles. The van der Waals surface area contributed by atoms with Crippen molar-refractivity contribution in [3.05, 3.63) is 40.9 Å². The molecular formula is C16H17N3O4S. The van der Waals surface area contributed by atoms with Crippen LogP contribution in [-0.4, -0.2) is 27.9 Å². The van der Waals surface area contributed by atoms with Crippen molar-refractivity contribution < 1.29 is 19.5 Å². The first-order valence-electron chi connectivity index (χ1n) is 7.08. The highest BCUT2D eigenvalue weighted by Crippen LogP contribution is 2.21. The smallest absolute Gasteiger partial charge is 0.335 e. The van der Waals surface area contributed by atoms with Crippen molar-refractivity contribution in [2.75, 3.05) is 10.6 Å². The van der Waals surface area contributed by atoms with Crippen LogP contribution in [0.3, 0.4) is 0 Å². The van der Waals surface area contributed by atoms with Gasteiger partial charge in [0.15, 0.2) is 5.13 Å². The second kappa shape index (κ2) is 6.79. The number of aromatic nitrogens is 1. The van der Waals surface area contributed by atoms with E-state index in [0.717, 1.165) is 11.3 Å². The Bertz CT molecular complexity index is 775. The number of carbonyl (C=O) groups excluding carboxylic acids is 2. The lowest BCUT2D eigenvalue weighted by Gasteiger charge is -2.15. The molecule has 24 heavy (non-hydrogen) atoms. The highest BCUT2D eigenvalue weighted by molar-refractivity contribution is 7.14. The average Bonchev–Trinajstić information content (AvgIpc) is 2.95. The molecule has 8 heteroatoms. The monoisotopic (exact) mass is 347 g/mol. The molecule has 0 radical (unpaired) electrons. The van der Waals surface area contributed by atoms with E-state index in [1.807, 2.05) is 0 Å². The quantitative estimate of drug-likeness (QED) is 0.787. The van der Waals surface area contributed by atoms with E-state index in [2.05, 4.69) is 15.6 Å². The second-order valence-electron chi connectivity index (χ2n) is 6.08. The van der Waals surface area contributed by atoms with Crippen molar-refractivity contribution in [3.8, 4) is 0 Å². The highest BCUT2D eigenvalue weighted by Gasteiger charge is 2.22. The molecule has 0 bridgehead atoms. The topological polar surface area (TPSA) is 108 Å². The van der Waals surface area contributed by atoms with Gasteiger partial charge in [0.2, 0.25) is 5.91 Å². The van der Waals surface area contributed by atoms with Gasteiger partial charge in [-0.25, -0.2) is 9.78 Å². The molecule has 2 rings (SSSR count). The highest BCUT2D eigenvalue weighted by atomic mass is 32.1. The van der Waals surface area contributed by atoms with Crippen LogP contribution in [-0.2, 0) is 4.79 Å². The number of benzene rings is 1. The van der Waals surface area contributed by atoms with E-state index in [0.29, 0.717) is 10.8 Å². The van der Waals surface area contributed by atoms with Crippen LogP contribution in [0.2, 0.25) is 0 Å². The first kappa shape index (κ1) is 17.6. The number of carboxylic acids is 1. The second-order valence-corrected chi connectivity index (χ2v) is 6.94. The molecule has 0 aliphatic heterocycles. The molecule has 1 heterocycles. The fourth-order valence-corrected chi connectivity index (χ4v) is 2.30. The molecule has 1 aromatic heterocycles. The van der Waals surface area contributed by atoms with E-state index in [-0.39, 0.29) is 17.2 Å². The maximum atomic E-state index is 12.1. The van der Waals surface area contributed by atoms with E-state index in [9.17, 15) is 14.4 Å². The molecule has 0 atom stereocenters. The lowest BCUT2D eigenvalue weighted by molar-refractivity contribution is -0.123. The van der Waals surface area contributed by atoms with Crippen LogP contribution in [0.5, 0.6) is 0 Å². The molecule has 1 aromatic carbocycles. The summed E-state index contributed by atoms with van der Waals surface area (Å²) in [5, 5.41) is 16.0. The summed E-state index contributed by atoms with van der Waals surface area (Å²) in [6.45, 7) is 5.35. The third-order valence-corrected chi connectivity index (χ3v) is 3.79. The largest absolute Gasteiger partial charge is 0.478 e. The van der Waals surface area contributed by atoms with Crippen LogP contribution in [0.1, 0.15) is 41.6 Å². The van der Waals surface area contributed by atoms with Crippen molar-refractivity contribution in [2.24, 2.45) is 5.41 Å². The lowest BCUT2D eigenvalue weighted by Crippen LogP contribution is -2.27. The number of aromatic carboxylic acids is 1. The number of nitrogens with zero attached hydrogens (tertiary/aromatic N) is 1. The van der Waals surface area contributed by atoms with E-state index in [4.69, 9.17) is 5.11 Å². The molecular weight excluding hydrogens is 330 g/mol. The minimum Gasteiger partial charge on any atom is -0.478 e. The van der Waals surface area contributed by atoms with Gasteiger partial charge in [-0.15, -0.1) is 11.3 Å². The van der Waals surface area contributed by atoms with Crippen LogP contribution in [0.4, 0.5) is 10.8 Å². The van der Waals surface area contributed by atoms with Crippen molar-refractivity contribution in [2.45, 2.75) is 20.8 Å². The molecule has 0 spiro atoms. The molecule has 7 nitrogen and oxygen atoms in total. The maximum absolute atomic E-state index is 12.1. The first-order valence-corrected chi connectivity index (χ1v) is 7.96. The van der Waals surface area contributed by atoms with Gasteiger partial charge in [0.05, 0.1) is 5.56 Å². The number of thiazole rings is 1. The number of hydrogen-bond donors (Lipinski definition) is 3. The van der Waals surface area contributed by atoms with Gasteiger partial charge in [0, 0.05) is 16.5 Å². The summed E-state index contributed by atoms with van der Waals surface area (Å²) in [7, 11) is 0. The number of carboxylic acid groups (broad SMARTS) is 1. The Balaban J connectivity index is 2.03. The Morgan fingerprint density at radius 1 is 1.08 bits per heavy atom. The zero-order valence-corrected chi connectivity index (χ0v) is 14.2. The molecule has 0 aliphatic rings. The molecule has 2 aromatic rings. The van der Waals surface area contributed by atoms with Crippen LogP contribution in [0.25, 0.3) is 0 Å². The third-order valence-electron chi connectivity index (χ3n) is 3.03. The molecule has 0 aliphatic carbocycles. The van der Waals surface area contributed by atoms with Gasteiger partial charge in [-0.3, -0.25) is 9.59 Å². The Kier molecular flexibility index (Phi) is 4.99. The predicted octanol–water partition coefficient (Wildman–Crippen LogP) is 3.08. The van der Waals surface area contributed by atoms with Crippen molar-refractivity contribution >= 4 is 39.9 Å². The van der Waals surface area contributed by atoms with Gasteiger partial charge in [0.25, 0.3) is 5.91 Å². The van der Waals surface area contributed by atoms with Gasteiger partial charge >= 0.3 is 5.97 Å². The van der Waals surface area contributed by atoms with Crippen molar-refractivity contribution in [1.82, 2.24) is 4.98 Å². The van der Waals surface area contributed by atoms with Crippen molar-refractivity contribution in [1.29, 1.82) is 0 Å². The van der Waals surface area contributed by atoms with Crippen molar-refractivity contribution in [3.63, 3.8) is 0 Å². The summed E-state index contributed by atoms with van der Waals surface area (Å²) in [5.41, 5.74) is 0.207. The molecule has 0 saturated heterocycles. The van der Waals surface area contributed by atoms with Gasteiger partial charge < -0.3 is 15.7 Å². The molecule has 2 amide bonds. The van der Waals surface area contributed by atoms with Crippen LogP contribution < -0.4 is 10.6 Å². The maximum Gasteiger partial charge on any atom is 0.335 e. The fraction of sp³-hybridized carbons (Fsp3) is 0.250. The Morgan fingerprint density at radius 3 is 2.25 bits per heavy atom. The number of hydrogen-bond acceptors (Lipinski definition) is 5. The molecule has 0 fully saturated rings. The summed E-state index contributed by atoms with van der Waals surface area (Å²) < 4.78 is 0. The normalized spacial score (nSPS) is 11.0. The Hall–Kier alpha value is -2.74. The number of carbonyl (C=O) groups is 3. The summed E-state index contributed by atoms with van der Waals surface area (Å²) in [4.78, 5) is 38.9. The zero-order valence-electron chi connectivity index (χ0n) is 13.4. The number of amides is 2. The number of rotatable bonds is 4. The van der Waals surface area contributed by atoms with E-state index < -0.39 is 17.3 Å². The predicted molar refractivity (Wildman–Crippen MR) is 91.6 cm³/mol. The van der Waals surface area contributed by atoms with Gasteiger partial charge in [0.1, 0.15) is 5.69 Å². The van der Waals surface area contributed by atoms with Gasteiger partial charge in [-0.2, -0.15) is 0 Å². The van der Waals surface area contributed by atoms with E-state index in [1.54, 1.807) is 26.2 Å². The standard InChI is InChI=1S/C16H17N3O4S/c1-16(2,3)14(23)19-15-18-11(8-24-15)12(20)17-10-6-4-9(5-7-10)13(21)22/h4-8H,1-3H3,(H,17,20)(H,21,22)(H,18,19,23). The SMILES string of the molecule is CC(C)(C)C(=O)Nc1nc(C(=O)Nc2ccc(C(=O)O)cc2)cs1. The fourth-order valence-electron chi connectivity index (χ4n) is 1.61. The Labute approximate surface area is 142 Å². The third kappa shape index (κ3) is 4.39. The summed E-state index contributed by atoms with van der Waals surface area (Å²) in [5.74, 6) is -1.66. The minimum absolute atomic E-state index is 0.133. The summed E-state index contributed by atoms with van der Waals surface area (Å²) >= 11 is 1.16. The lowest BCUT2D eigenvalue weighted by atomic mass is 9.96. The van der Waals surface area contributed by atoms with Gasteiger partial charge in [-0.1, -0.05) is 20.8 Å². The zero-order chi connectivity index (χ0) is 17.9. The number of nitrogens with one attached hydrogen (secondary N) is 2. The number of anilines is 2. The first-order chi connectivity index (χ1) is 11.2. The van der Waals surface area contributed by atoms with Crippen LogP contribution >= 0.6 is 11.3 Å². The van der Waals surface area contributed by atoms with Crippen LogP contribution in [0.15, 0.2) is 29.6 Å². The van der Waals surface area contributed by atoms with E-state index in [1.165, 1.54) is 24.3 Å². The minimum atomic E-state index is -1.04. The van der Waals surface area contributed by atoms with Crippen LogP contribution in [0, 0.1) is 5.41 Å². The van der Waals surface area contributed by atoms with Gasteiger partial charge in [-0.05, 0) is 24.3 Å². The van der Waals surface area contributed by atoms with E-state index >= 15 is 0 Å². The summed E-state index contributed by atoms with van der Waals surface area (Å²) in [6, 6.07) is 5.79. The average molecular weight is 347 g/mol. The molecule has 126 valence electrons.